The quantitative estimate of drug-likeness (QED) is 0.808. The standard InChI is InChI=1S/C18H19BrN2/c1-11-7-13(3)17(8-12(11)2)14(4)21-18-6-5-16(19)9-15(18)10-20/h5-9,14,21H,1-4H3. The van der Waals surface area contributed by atoms with Crippen LogP contribution in [0.4, 0.5) is 5.69 Å². The molecule has 1 atom stereocenters. The Bertz CT molecular complexity index is 714. The molecule has 0 amide bonds. The molecular formula is C18H19BrN2. The van der Waals surface area contributed by atoms with E-state index in [4.69, 9.17) is 0 Å². The van der Waals surface area contributed by atoms with Gasteiger partial charge in [-0.3, -0.25) is 0 Å². The summed E-state index contributed by atoms with van der Waals surface area (Å²) in [6.45, 7) is 8.52. The third-order valence-electron chi connectivity index (χ3n) is 3.82. The minimum Gasteiger partial charge on any atom is -0.377 e. The van der Waals surface area contributed by atoms with Crippen molar-refractivity contribution in [3.63, 3.8) is 0 Å². The predicted molar refractivity (Wildman–Crippen MR) is 91.5 cm³/mol. The van der Waals surface area contributed by atoms with Crippen molar-refractivity contribution < 1.29 is 0 Å². The zero-order chi connectivity index (χ0) is 15.6. The van der Waals surface area contributed by atoms with Crippen LogP contribution in [-0.2, 0) is 0 Å². The van der Waals surface area contributed by atoms with Crippen LogP contribution in [0.25, 0.3) is 0 Å². The van der Waals surface area contributed by atoms with Gasteiger partial charge in [0, 0.05) is 10.5 Å². The van der Waals surface area contributed by atoms with Gasteiger partial charge in [-0.2, -0.15) is 5.26 Å². The van der Waals surface area contributed by atoms with Gasteiger partial charge < -0.3 is 5.32 Å². The summed E-state index contributed by atoms with van der Waals surface area (Å²) in [6, 6.07) is 12.6. The second kappa shape index (κ2) is 6.32. The Morgan fingerprint density at radius 2 is 1.71 bits per heavy atom. The number of halogens is 1. The van der Waals surface area contributed by atoms with Crippen molar-refractivity contribution in [1.29, 1.82) is 5.26 Å². The summed E-state index contributed by atoms with van der Waals surface area (Å²) in [5.41, 5.74) is 6.66. The molecule has 2 aromatic rings. The average molecular weight is 343 g/mol. The topological polar surface area (TPSA) is 35.8 Å². The molecular weight excluding hydrogens is 324 g/mol. The highest BCUT2D eigenvalue weighted by molar-refractivity contribution is 9.10. The smallest absolute Gasteiger partial charge is 0.101 e. The SMILES string of the molecule is Cc1cc(C)c(C(C)Nc2ccc(Br)cc2C#N)cc1C. The number of aryl methyl sites for hydroxylation is 3. The third kappa shape index (κ3) is 3.46. The lowest BCUT2D eigenvalue weighted by molar-refractivity contribution is 0.870. The van der Waals surface area contributed by atoms with Crippen molar-refractivity contribution in [2.24, 2.45) is 0 Å². The lowest BCUT2D eigenvalue weighted by Crippen LogP contribution is -2.10. The van der Waals surface area contributed by atoms with Crippen LogP contribution in [0.15, 0.2) is 34.8 Å². The molecule has 2 rings (SSSR count). The van der Waals surface area contributed by atoms with Crippen LogP contribution < -0.4 is 5.32 Å². The summed E-state index contributed by atoms with van der Waals surface area (Å²) in [4.78, 5) is 0. The van der Waals surface area contributed by atoms with E-state index >= 15 is 0 Å². The maximum absolute atomic E-state index is 9.25. The Kier molecular flexibility index (Phi) is 4.69. The molecule has 0 saturated carbocycles. The highest BCUT2D eigenvalue weighted by Crippen LogP contribution is 2.27. The molecule has 0 aliphatic rings. The van der Waals surface area contributed by atoms with E-state index in [1.165, 1.54) is 22.3 Å². The van der Waals surface area contributed by atoms with Crippen LogP contribution in [-0.4, -0.2) is 0 Å². The highest BCUT2D eigenvalue weighted by atomic mass is 79.9. The third-order valence-corrected chi connectivity index (χ3v) is 4.32. The number of nitriles is 1. The zero-order valence-corrected chi connectivity index (χ0v) is 14.4. The molecule has 2 nitrogen and oxygen atoms in total. The van der Waals surface area contributed by atoms with E-state index in [0.717, 1.165) is 10.2 Å². The summed E-state index contributed by atoms with van der Waals surface area (Å²) >= 11 is 3.40. The summed E-state index contributed by atoms with van der Waals surface area (Å²) in [5.74, 6) is 0. The minimum atomic E-state index is 0.151. The van der Waals surface area contributed by atoms with Crippen molar-refractivity contribution in [1.82, 2.24) is 0 Å². The Hall–Kier alpha value is -1.79. The zero-order valence-electron chi connectivity index (χ0n) is 12.8. The predicted octanol–water partition coefficient (Wildman–Crippen LogP) is 5.42. The molecule has 0 fully saturated rings. The fourth-order valence-electron chi connectivity index (χ4n) is 2.50. The van der Waals surface area contributed by atoms with Crippen molar-refractivity contribution in [3.05, 3.63) is 62.6 Å². The number of benzene rings is 2. The van der Waals surface area contributed by atoms with Gasteiger partial charge >= 0.3 is 0 Å². The summed E-state index contributed by atoms with van der Waals surface area (Å²) in [6.07, 6.45) is 0. The maximum Gasteiger partial charge on any atom is 0.101 e. The van der Waals surface area contributed by atoms with Gasteiger partial charge in [0.2, 0.25) is 0 Å². The first-order valence-corrected chi connectivity index (χ1v) is 7.75. The maximum atomic E-state index is 9.25. The number of nitrogens with one attached hydrogen (secondary N) is 1. The molecule has 2 aromatic carbocycles. The molecule has 0 saturated heterocycles. The molecule has 0 heterocycles. The molecule has 0 aliphatic carbocycles. The van der Waals surface area contributed by atoms with Gasteiger partial charge in [0.05, 0.1) is 11.3 Å². The summed E-state index contributed by atoms with van der Waals surface area (Å²) in [7, 11) is 0. The molecule has 0 aliphatic heterocycles. The molecule has 1 N–H and O–H groups in total. The van der Waals surface area contributed by atoms with Crippen molar-refractivity contribution in [3.8, 4) is 6.07 Å². The lowest BCUT2D eigenvalue weighted by atomic mass is 9.96. The van der Waals surface area contributed by atoms with Gasteiger partial charge in [0.25, 0.3) is 0 Å². The highest BCUT2D eigenvalue weighted by Gasteiger charge is 2.12. The van der Waals surface area contributed by atoms with Crippen LogP contribution in [0.3, 0.4) is 0 Å². The fourth-order valence-corrected chi connectivity index (χ4v) is 2.86. The second-order valence-electron chi connectivity index (χ2n) is 5.46. The van der Waals surface area contributed by atoms with Crippen LogP contribution in [0.1, 0.15) is 40.8 Å². The molecule has 108 valence electrons. The molecule has 0 aromatic heterocycles. The number of hydrogen-bond donors (Lipinski definition) is 1. The van der Waals surface area contributed by atoms with E-state index in [-0.39, 0.29) is 6.04 Å². The Balaban J connectivity index is 2.33. The first-order chi connectivity index (χ1) is 9.92. The van der Waals surface area contributed by atoms with E-state index in [9.17, 15) is 5.26 Å². The van der Waals surface area contributed by atoms with Gasteiger partial charge in [-0.25, -0.2) is 0 Å². The lowest BCUT2D eigenvalue weighted by Gasteiger charge is -2.20. The molecule has 3 heteroatoms. The first-order valence-electron chi connectivity index (χ1n) is 6.96. The average Bonchev–Trinajstić information content (AvgIpc) is 2.44. The molecule has 21 heavy (non-hydrogen) atoms. The Labute approximate surface area is 134 Å². The van der Waals surface area contributed by atoms with Crippen molar-refractivity contribution in [2.75, 3.05) is 5.32 Å². The van der Waals surface area contributed by atoms with Crippen molar-refractivity contribution in [2.45, 2.75) is 33.7 Å². The van der Waals surface area contributed by atoms with Gasteiger partial charge in [0.15, 0.2) is 0 Å². The molecule has 0 bridgehead atoms. The van der Waals surface area contributed by atoms with Gasteiger partial charge in [-0.15, -0.1) is 0 Å². The number of anilines is 1. The van der Waals surface area contributed by atoms with E-state index in [1.54, 1.807) is 0 Å². The molecule has 0 radical (unpaired) electrons. The Morgan fingerprint density at radius 3 is 2.38 bits per heavy atom. The van der Waals surface area contributed by atoms with E-state index in [1.807, 2.05) is 18.2 Å². The normalized spacial score (nSPS) is 11.8. The largest absolute Gasteiger partial charge is 0.377 e. The van der Waals surface area contributed by atoms with Crippen LogP contribution in [0.2, 0.25) is 0 Å². The van der Waals surface area contributed by atoms with Crippen molar-refractivity contribution >= 4 is 21.6 Å². The van der Waals surface area contributed by atoms with Gasteiger partial charge in [0.1, 0.15) is 6.07 Å². The van der Waals surface area contributed by atoms with Crippen LogP contribution in [0, 0.1) is 32.1 Å². The van der Waals surface area contributed by atoms with E-state index in [2.05, 4.69) is 67.1 Å². The first kappa shape index (κ1) is 15.6. The second-order valence-corrected chi connectivity index (χ2v) is 6.38. The number of hydrogen-bond acceptors (Lipinski definition) is 2. The van der Waals surface area contributed by atoms with E-state index < -0.39 is 0 Å². The van der Waals surface area contributed by atoms with Crippen LogP contribution >= 0.6 is 15.9 Å². The monoisotopic (exact) mass is 342 g/mol. The number of nitrogens with zero attached hydrogens (tertiary/aromatic N) is 1. The molecule has 1 unspecified atom stereocenters. The minimum absolute atomic E-state index is 0.151. The number of rotatable bonds is 3. The van der Waals surface area contributed by atoms with E-state index in [0.29, 0.717) is 5.56 Å². The molecule has 0 spiro atoms. The van der Waals surface area contributed by atoms with Crippen LogP contribution in [0.5, 0.6) is 0 Å². The van der Waals surface area contributed by atoms with Gasteiger partial charge in [-0.05, 0) is 68.1 Å². The fraction of sp³-hybridized carbons (Fsp3) is 0.278. The Morgan fingerprint density at radius 1 is 1.05 bits per heavy atom. The summed E-state index contributed by atoms with van der Waals surface area (Å²) in [5, 5.41) is 12.7. The van der Waals surface area contributed by atoms with Gasteiger partial charge in [-0.1, -0.05) is 28.1 Å². The summed E-state index contributed by atoms with van der Waals surface area (Å²) < 4.78 is 0.916.